The van der Waals surface area contributed by atoms with Crippen molar-refractivity contribution in [1.82, 2.24) is 4.90 Å². The van der Waals surface area contributed by atoms with Crippen LogP contribution in [0.3, 0.4) is 0 Å². The monoisotopic (exact) mass is 414 g/mol. The molecular weight excluding hydrogens is 400 g/mol. The largest absolute Gasteiger partial charge is 0.313 e. The highest BCUT2D eigenvalue weighted by Gasteiger charge is 2.15. The molecule has 0 aliphatic heterocycles. The third-order valence-corrected chi connectivity index (χ3v) is 5.27. The van der Waals surface area contributed by atoms with E-state index in [1.54, 1.807) is 24.3 Å². The van der Waals surface area contributed by atoms with Crippen molar-refractivity contribution < 1.29 is 13.2 Å². The number of halogens is 1. The normalized spacial score (nSPS) is 10.8. The van der Waals surface area contributed by atoms with Gasteiger partial charge in [0.05, 0.1) is 27.7 Å². The van der Waals surface area contributed by atoms with E-state index < -0.39 is 15.9 Å². The number of nitrogens with one attached hydrogen (secondary N) is 1. The predicted molar refractivity (Wildman–Crippen MR) is 106 cm³/mol. The molecule has 2 rings (SSSR count). The fraction of sp³-hybridized carbons (Fsp3) is 0.105. The molecule has 0 saturated carbocycles. The Morgan fingerprint density at radius 1 is 1.07 bits per heavy atom. The van der Waals surface area contributed by atoms with Crippen LogP contribution in [0.2, 0.25) is 5.02 Å². The third kappa shape index (κ3) is 5.58. The first-order valence-corrected chi connectivity index (χ1v) is 9.82. The number of benzene rings is 2. The number of carbonyl (C=O) groups excluding carboxylic acids is 1. The molecule has 0 aliphatic rings. The number of hydrogen-bond donors (Lipinski definition) is 1. The van der Waals surface area contributed by atoms with E-state index in [1.165, 1.54) is 36.4 Å². The van der Waals surface area contributed by atoms with Gasteiger partial charge in [0.25, 0.3) is 10.0 Å². The van der Waals surface area contributed by atoms with Crippen molar-refractivity contribution >= 4 is 39.3 Å². The lowest BCUT2D eigenvalue weighted by Gasteiger charge is -2.12. The summed E-state index contributed by atoms with van der Waals surface area (Å²) in [6.45, 7) is -0.386. The van der Waals surface area contributed by atoms with Gasteiger partial charge in [0.1, 0.15) is 13.1 Å². The van der Waals surface area contributed by atoms with Crippen LogP contribution in [0, 0.1) is 22.7 Å². The van der Waals surface area contributed by atoms with Gasteiger partial charge in [0.15, 0.2) is 0 Å². The quantitative estimate of drug-likeness (QED) is 0.552. The average molecular weight is 415 g/mol. The first-order valence-electron chi connectivity index (χ1n) is 7.95. The maximum Gasteiger partial charge on any atom is 0.261 e. The maximum absolute atomic E-state index is 12.5. The average Bonchev–Trinajstić information content (AvgIpc) is 2.68. The van der Waals surface area contributed by atoms with Gasteiger partial charge >= 0.3 is 0 Å². The SMILES string of the molecule is N#CCN(CC#N)C(=O)C=Cc1ccc(S(=O)(=O)Nc2ccccc2Cl)cc1. The number of hydrogen-bond acceptors (Lipinski definition) is 5. The van der Waals surface area contributed by atoms with Crippen molar-refractivity contribution in [3.8, 4) is 12.1 Å². The number of nitriles is 2. The van der Waals surface area contributed by atoms with Crippen molar-refractivity contribution in [2.45, 2.75) is 4.90 Å². The highest BCUT2D eigenvalue weighted by molar-refractivity contribution is 7.92. The molecule has 9 heteroatoms. The molecular formula is C19H15ClN4O3S. The Bertz CT molecular complexity index is 1050. The van der Waals surface area contributed by atoms with E-state index in [0.29, 0.717) is 5.56 Å². The van der Waals surface area contributed by atoms with Crippen molar-refractivity contribution in [2.75, 3.05) is 17.8 Å². The maximum atomic E-state index is 12.5. The molecule has 0 atom stereocenters. The molecule has 0 bridgehead atoms. The number of anilines is 1. The minimum Gasteiger partial charge on any atom is -0.313 e. The van der Waals surface area contributed by atoms with Crippen LogP contribution in [0.25, 0.3) is 6.08 Å². The smallest absolute Gasteiger partial charge is 0.261 e. The van der Waals surface area contributed by atoms with Crippen LogP contribution in [0.5, 0.6) is 0 Å². The summed E-state index contributed by atoms with van der Waals surface area (Å²) in [4.78, 5) is 13.1. The molecule has 7 nitrogen and oxygen atoms in total. The summed E-state index contributed by atoms with van der Waals surface area (Å²) in [5.41, 5.74) is 0.854. The highest BCUT2D eigenvalue weighted by Crippen LogP contribution is 2.24. The lowest BCUT2D eigenvalue weighted by Crippen LogP contribution is -2.30. The summed E-state index contributed by atoms with van der Waals surface area (Å²) in [5, 5.41) is 17.6. The molecule has 0 fully saturated rings. The Balaban J connectivity index is 2.12. The van der Waals surface area contributed by atoms with E-state index in [2.05, 4.69) is 4.72 Å². The third-order valence-electron chi connectivity index (χ3n) is 3.56. The van der Waals surface area contributed by atoms with Crippen molar-refractivity contribution in [3.05, 3.63) is 65.2 Å². The first kappa shape index (κ1) is 21.0. The number of para-hydroxylation sites is 1. The van der Waals surface area contributed by atoms with Crippen LogP contribution in [0.4, 0.5) is 5.69 Å². The fourth-order valence-corrected chi connectivity index (χ4v) is 3.48. The van der Waals surface area contributed by atoms with Crippen molar-refractivity contribution in [3.63, 3.8) is 0 Å². The molecule has 0 saturated heterocycles. The number of rotatable bonds is 7. The molecule has 0 radical (unpaired) electrons. The second kappa shape index (κ2) is 9.56. The van der Waals surface area contributed by atoms with Crippen LogP contribution in [-0.2, 0) is 14.8 Å². The standard InChI is InChI=1S/C19H15ClN4O3S/c20-17-3-1-2-4-18(17)23-28(26,27)16-8-5-15(6-9-16)7-10-19(25)24(13-11-21)14-12-22/h1-10,23H,13-14H2. The zero-order valence-electron chi connectivity index (χ0n) is 14.5. The molecule has 0 aromatic heterocycles. The van der Waals surface area contributed by atoms with Gasteiger partial charge in [0, 0.05) is 6.08 Å². The van der Waals surface area contributed by atoms with Gasteiger partial charge in [-0.05, 0) is 35.9 Å². The van der Waals surface area contributed by atoms with E-state index in [9.17, 15) is 13.2 Å². The molecule has 1 amide bonds. The molecule has 0 spiro atoms. The number of nitrogens with zero attached hydrogens (tertiary/aromatic N) is 3. The highest BCUT2D eigenvalue weighted by atomic mass is 35.5. The Labute approximate surface area is 168 Å². The Morgan fingerprint density at radius 3 is 2.25 bits per heavy atom. The molecule has 142 valence electrons. The molecule has 0 heterocycles. The summed E-state index contributed by atoms with van der Waals surface area (Å²) >= 11 is 5.97. The van der Waals surface area contributed by atoms with E-state index in [1.807, 2.05) is 12.1 Å². The van der Waals surface area contributed by atoms with Gasteiger partial charge in [-0.25, -0.2) is 8.42 Å². The molecule has 28 heavy (non-hydrogen) atoms. The Morgan fingerprint density at radius 2 is 1.68 bits per heavy atom. The van der Waals surface area contributed by atoms with Crippen LogP contribution >= 0.6 is 11.6 Å². The van der Waals surface area contributed by atoms with Crippen molar-refractivity contribution in [2.24, 2.45) is 0 Å². The van der Waals surface area contributed by atoms with Gasteiger partial charge in [-0.2, -0.15) is 10.5 Å². The lowest BCUT2D eigenvalue weighted by atomic mass is 10.2. The van der Waals surface area contributed by atoms with Gasteiger partial charge in [0.2, 0.25) is 5.91 Å². The summed E-state index contributed by atoms with van der Waals surface area (Å²) in [6.07, 6.45) is 2.70. The van der Waals surface area contributed by atoms with Gasteiger partial charge in [-0.15, -0.1) is 0 Å². The van der Waals surface area contributed by atoms with Crippen molar-refractivity contribution in [1.29, 1.82) is 10.5 Å². The molecule has 2 aromatic carbocycles. The summed E-state index contributed by atoms with van der Waals surface area (Å²) < 4.78 is 27.3. The van der Waals surface area contributed by atoms with Crippen LogP contribution in [0.1, 0.15) is 5.56 Å². The Hall–Kier alpha value is -3.33. The lowest BCUT2D eigenvalue weighted by molar-refractivity contribution is -0.124. The van der Waals surface area contributed by atoms with Crippen LogP contribution in [0.15, 0.2) is 59.5 Å². The molecule has 2 aromatic rings. The molecule has 0 unspecified atom stereocenters. The summed E-state index contributed by atoms with van der Waals surface area (Å²) in [6, 6.07) is 16.0. The van der Waals surface area contributed by atoms with Gasteiger partial charge < -0.3 is 4.90 Å². The summed E-state index contributed by atoms with van der Waals surface area (Å²) in [7, 11) is -3.82. The number of carbonyl (C=O) groups is 1. The number of amides is 1. The fourth-order valence-electron chi connectivity index (χ4n) is 2.16. The summed E-state index contributed by atoms with van der Waals surface area (Å²) in [5.74, 6) is -0.486. The molecule has 1 N–H and O–H groups in total. The Kier molecular flexibility index (Phi) is 7.16. The van der Waals surface area contributed by atoms with E-state index >= 15 is 0 Å². The van der Waals surface area contributed by atoms with Crippen LogP contribution in [-0.4, -0.2) is 32.3 Å². The predicted octanol–water partition coefficient (Wildman–Crippen LogP) is 3.03. The van der Waals surface area contributed by atoms with E-state index in [0.717, 1.165) is 4.90 Å². The molecule has 0 aliphatic carbocycles. The topological polar surface area (TPSA) is 114 Å². The minimum atomic E-state index is -3.82. The zero-order chi connectivity index (χ0) is 20.6. The second-order valence-corrected chi connectivity index (χ2v) is 7.59. The van der Waals surface area contributed by atoms with E-state index in [-0.39, 0.29) is 28.7 Å². The van der Waals surface area contributed by atoms with Gasteiger partial charge in [-0.1, -0.05) is 35.9 Å². The van der Waals surface area contributed by atoms with Crippen LogP contribution < -0.4 is 4.72 Å². The second-order valence-electron chi connectivity index (χ2n) is 5.50. The minimum absolute atomic E-state index is 0.0338. The number of sulfonamides is 1. The first-order chi connectivity index (χ1) is 13.4. The zero-order valence-corrected chi connectivity index (χ0v) is 16.1. The van der Waals surface area contributed by atoms with Gasteiger partial charge in [-0.3, -0.25) is 9.52 Å². The van der Waals surface area contributed by atoms with E-state index in [4.69, 9.17) is 22.1 Å².